The summed E-state index contributed by atoms with van der Waals surface area (Å²) in [4.78, 5) is 32.3. The normalized spacial score (nSPS) is 18.9. The molecule has 2 heterocycles. The van der Waals surface area contributed by atoms with Crippen LogP contribution in [0.25, 0.3) is 0 Å². The van der Waals surface area contributed by atoms with E-state index in [4.69, 9.17) is 0 Å². The Labute approximate surface area is 156 Å². The quantitative estimate of drug-likeness (QED) is 0.811. The van der Waals surface area contributed by atoms with Crippen LogP contribution < -0.4 is 4.90 Å². The Hall–Kier alpha value is -2.08. The Kier molecular flexibility index (Phi) is 6.14. The van der Waals surface area contributed by atoms with Gasteiger partial charge in [-0.1, -0.05) is 12.1 Å². The maximum atomic E-state index is 12.4. The van der Waals surface area contributed by atoms with Gasteiger partial charge in [0.15, 0.2) is 0 Å². The number of hydrogen-bond acceptors (Lipinski definition) is 4. The predicted octanol–water partition coefficient (Wildman–Crippen LogP) is 1.20. The first-order valence-corrected chi connectivity index (χ1v) is 9.60. The van der Waals surface area contributed by atoms with E-state index < -0.39 is 0 Å². The number of carbonyl (C=O) groups excluding carboxylic acids is 2. The molecule has 3 rings (SSSR count). The van der Waals surface area contributed by atoms with Crippen LogP contribution in [-0.2, 0) is 9.59 Å². The van der Waals surface area contributed by atoms with Crippen molar-refractivity contribution in [3.8, 4) is 0 Å². The first-order valence-electron chi connectivity index (χ1n) is 9.60. The van der Waals surface area contributed by atoms with E-state index in [2.05, 4.69) is 41.0 Å². The average Bonchev–Trinajstić information content (AvgIpc) is 2.66. The average molecular weight is 358 g/mol. The second-order valence-electron chi connectivity index (χ2n) is 7.30. The summed E-state index contributed by atoms with van der Waals surface area (Å²) in [6, 6.07) is 8.65. The third-order valence-corrected chi connectivity index (χ3v) is 5.46. The van der Waals surface area contributed by atoms with E-state index >= 15 is 0 Å². The summed E-state index contributed by atoms with van der Waals surface area (Å²) < 4.78 is 0. The van der Waals surface area contributed by atoms with Crippen molar-refractivity contribution in [2.75, 3.05) is 63.8 Å². The van der Waals surface area contributed by atoms with Gasteiger partial charge in [0.2, 0.25) is 11.8 Å². The van der Waals surface area contributed by atoms with Crippen LogP contribution in [0.1, 0.15) is 18.9 Å². The van der Waals surface area contributed by atoms with Crippen molar-refractivity contribution in [2.24, 2.45) is 0 Å². The molecule has 0 aromatic heterocycles. The van der Waals surface area contributed by atoms with Gasteiger partial charge < -0.3 is 14.7 Å². The Balaban J connectivity index is 1.38. The van der Waals surface area contributed by atoms with Crippen molar-refractivity contribution in [1.29, 1.82) is 0 Å². The Morgan fingerprint density at radius 2 is 1.58 bits per heavy atom. The number of amides is 2. The minimum atomic E-state index is 0.101. The minimum Gasteiger partial charge on any atom is -0.369 e. The zero-order valence-corrected chi connectivity index (χ0v) is 16.0. The molecule has 142 valence electrons. The number of aryl methyl sites for hydroxylation is 1. The molecule has 2 aliphatic heterocycles. The van der Waals surface area contributed by atoms with Gasteiger partial charge in [-0.2, -0.15) is 0 Å². The highest BCUT2D eigenvalue weighted by molar-refractivity contribution is 5.77. The molecule has 0 radical (unpaired) electrons. The van der Waals surface area contributed by atoms with Gasteiger partial charge in [-0.15, -0.1) is 0 Å². The Morgan fingerprint density at radius 1 is 0.923 bits per heavy atom. The molecule has 0 aliphatic carbocycles. The van der Waals surface area contributed by atoms with Crippen LogP contribution in [0.15, 0.2) is 24.3 Å². The number of anilines is 1. The first kappa shape index (κ1) is 18.7. The highest BCUT2D eigenvalue weighted by Crippen LogP contribution is 2.18. The second-order valence-corrected chi connectivity index (χ2v) is 7.30. The van der Waals surface area contributed by atoms with Crippen molar-refractivity contribution in [3.63, 3.8) is 0 Å². The molecule has 26 heavy (non-hydrogen) atoms. The summed E-state index contributed by atoms with van der Waals surface area (Å²) in [5, 5.41) is 0. The smallest absolute Gasteiger partial charge is 0.223 e. The molecule has 2 saturated heterocycles. The Morgan fingerprint density at radius 3 is 2.19 bits per heavy atom. The molecular formula is C20H30N4O2. The standard InChI is InChI=1S/C20H30N4O2/c1-17-4-3-5-19(16-17)23-10-8-21(9-11-23)7-6-20(26)24-14-12-22(13-15-24)18(2)25/h3-5,16H,6-15H2,1-2H3. The molecule has 2 fully saturated rings. The van der Waals surface area contributed by atoms with Crippen LogP contribution in [0.4, 0.5) is 5.69 Å². The summed E-state index contributed by atoms with van der Waals surface area (Å²) in [7, 11) is 0. The molecule has 0 N–H and O–H groups in total. The van der Waals surface area contributed by atoms with Crippen LogP contribution in [0.5, 0.6) is 0 Å². The molecule has 6 heteroatoms. The lowest BCUT2D eigenvalue weighted by atomic mass is 10.2. The summed E-state index contributed by atoms with van der Waals surface area (Å²) in [5.41, 5.74) is 2.59. The maximum Gasteiger partial charge on any atom is 0.223 e. The van der Waals surface area contributed by atoms with Crippen LogP contribution in [0.3, 0.4) is 0 Å². The van der Waals surface area contributed by atoms with Crippen LogP contribution in [0, 0.1) is 6.92 Å². The Bertz CT molecular complexity index is 632. The van der Waals surface area contributed by atoms with Gasteiger partial charge in [0.05, 0.1) is 0 Å². The summed E-state index contributed by atoms with van der Waals surface area (Å²) in [5.74, 6) is 0.317. The summed E-state index contributed by atoms with van der Waals surface area (Å²) in [6.07, 6.45) is 0.574. The fraction of sp³-hybridized carbons (Fsp3) is 0.600. The summed E-state index contributed by atoms with van der Waals surface area (Å²) >= 11 is 0. The van der Waals surface area contributed by atoms with Crippen LogP contribution in [0.2, 0.25) is 0 Å². The number of nitrogens with zero attached hydrogens (tertiary/aromatic N) is 4. The van der Waals surface area contributed by atoms with Gasteiger partial charge in [0, 0.05) is 77.9 Å². The largest absolute Gasteiger partial charge is 0.369 e. The van der Waals surface area contributed by atoms with E-state index in [9.17, 15) is 9.59 Å². The van der Waals surface area contributed by atoms with Gasteiger partial charge in [0.25, 0.3) is 0 Å². The zero-order valence-electron chi connectivity index (χ0n) is 16.0. The van der Waals surface area contributed by atoms with Gasteiger partial charge in [0.1, 0.15) is 0 Å². The molecule has 0 unspecified atom stereocenters. The lowest BCUT2D eigenvalue weighted by molar-refractivity contribution is -0.138. The topological polar surface area (TPSA) is 47.1 Å². The molecule has 2 aliphatic rings. The van der Waals surface area contributed by atoms with Gasteiger partial charge in [-0.25, -0.2) is 0 Å². The van der Waals surface area contributed by atoms with E-state index in [0.29, 0.717) is 32.6 Å². The predicted molar refractivity (Wildman–Crippen MR) is 103 cm³/mol. The van der Waals surface area contributed by atoms with Crippen molar-refractivity contribution >= 4 is 17.5 Å². The molecule has 0 atom stereocenters. The lowest BCUT2D eigenvalue weighted by Gasteiger charge is -2.37. The SMILES string of the molecule is CC(=O)N1CCN(C(=O)CCN2CCN(c3cccc(C)c3)CC2)CC1. The molecule has 0 bridgehead atoms. The zero-order chi connectivity index (χ0) is 18.5. The number of piperazine rings is 2. The first-order chi connectivity index (χ1) is 12.5. The van der Waals surface area contributed by atoms with Crippen LogP contribution >= 0.6 is 0 Å². The van der Waals surface area contributed by atoms with E-state index in [-0.39, 0.29) is 11.8 Å². The highest BCUT2D eigenvalue weighted by atomic mass is 16.2. The van der Waals surface area contributed by atoms with Gasteiger partial charge >= 0.3 is 0 Å². The molecule has 0 saturated carbocycles. The maximum absolute atomic E-state index is 12.4. The van der Waals surface area contributed by atoms with E-state index in [1.807, 2.05) is 9.80 Å². The minimum absolute atomic E-state index is 0.101. The molecule has 2 amide bonds. The number of carbonyl (C=O) groups is 2. The van der Waals surface area contributed by atoms with Crippen molar-refractivity contribution in [2.45, 2.75) is 20.3 Å². The fourth-order valence-electron chi connectivity index (χ4n) is 3.74. The van der Waals surface area contributed by atoms with Crippen molar-refractivity contribution < 1.29 is 9.59 Å². The number of benzene rings is 1. The van der Waals surface area contributed by atoms with E-state index in [0.717, 1.165) is 32.7 Å². The van der Waals surface area contributed by atoms with Crippen molar-refractivity contribution in [3.05, 3.63) is 29.8 Å². The summed E-state index contributed by atoms with van der Waals surface area (Å²) in [6.45, 7) is 11.2. The van der Waals surface area contributed by atoms with E-state index in [1.165, 1.54) is 11.3 Å². The van der Waals surface area contributed by atoms with Crippen LogP contribution in [-0.4, -0.2) is 85.4 Å². The third kappa shape index (κ3) is 4.75. The molecule has 1 aromatic carbocycles. The highest BCUT2D eigenvalue weighted by Gasteiger charge is 2.23. The monoisotopic (exact) mass is 358 g/mol. The third-order valence-electron chi connectivity index (χ3n) is 5.46. The second kappa shape index (κ2) is 8.54. The fourth-order valence-corrected chi connectivity index (χ4v) is 3.74. The number of rotatable bonds is 4. The van der Waals surface area contributed by atoms with E-state index in [1.54, 1.807) is 6.92 Å². The lowest BCUT2D eigenvalue weighted by Crippen LogP contribution is -2.51. The molecule has 1 aromatic rings. The van der Waals surface area contributed by atoms with Gasteiger partial charge in [-0.05, 0) is 24.6 Å². The number of hydrogen-bond donors (Lipinski definition) is 0. The molecular weight excluding hydrogens is 328 g/mol. The molecule has 6 nitrogen and oxygen atoms in total. The van der Waals surface area contributed by atoms with Crippen molar-refractivity contribution in [1.82, 2.24) is 14.7 Å². The molecule has 0 spiro atoms. The van der Waals surface area contributed by atoms with Gasteiger partial charge in [-0.3, -0.25) is 14.5 Å².